The highest BCUT2D eigenvalue weighted by atomic mass is 16.4. The Morgan fingerprint density at radius 2 is 2.12 bits per heavy atom. The molecule has 0 saturated heterocycles. The third kappa shape index (κ3) is 2.23. The van der Waals surface area contributed by atoms with E-state index >= 15 is 0 Å². The molecule has 2 unspecified atom stereocenters. The normalized spacial score (nSPS) is 20.5. The summed E-state index contributed by atoms with van der Waals surface area (Å²) in [5, 5.41) is 18.2. The standard InChI is InChI=1S/C12H15NO3/c13-11(12(15)16)4-7-1-2-8-5-10(14)6-9(8)3-7/h1-3,10-11,14H,4-6,13H2,(H,15,16). The minimum Gasteiger partial charge on any atom is -0.480 e. The topological polar surface area (TPSA) is 83.5 Å². The fourth-order valence-corrected chi connectivity index (χ4v) is 2.12. The zero-order valence-corrected chi connectivity index (χ0v) is 8.89. The number of aliphatic hydroxyl groups is 1. The second kappa shape index (κ2) is 4.23. The van der Waals surface area contributed by atoms with Gasteiger partial charge in [0.15, 0.2) is 0 Å². The van der Waals surface area contributed by atoms with Gasteiger partial charge >= 0.3 is 5.97 Å². The molecule has 0 saturated carbocycles. The molecule has 86 valence electrons. The first-order chi connectivity index (χ1) is 7.56. The van der Waals surface area contributed by atoms with Gasteiger partial charge in [0.05, 0.1) is 6.10 Å². The summed E-state index contributed by atoms with van der Waals surface area (Å²) in [5.74, 6) is -0.986. The van der Waals surface area contributed by atoms with Crippen LogP contribution in [0.1, 0.15) is 16.7 Å². The molecule has 0 heterocycles. The van der Waals surface area contributed by atoms with E-state index in [1.54, 1.807) is 0 Å². The number of fused-ring (bicyclic) bond motifs is 1. The average molecular weight is 221 g/mol. The van der Waals surface area contributed by atoms with E-state index in [4.69, 9.17) is 10.8 Å². The highest BCUT2D eigenvalue weighted by molar-refractivity contribution is 5.73. The first-order valence-electron chi connectivity index (χ1n) is 5.33. The Hall–Kier alpha value is -1.39. The van der Waals surface area contributed by atoms with E-state index in [1.807, 2.05) is 18.2 Å². The largest absolute Gasteiger partial charge is 0.480 e. The molecular weight excluding hydrogens is 206 g/mol. The lowest BCUT2D eigenvalue weighted by Crippen LogP contribution is -2.32. The van der Waals surface area contributed by atoms with Crippen molar-refractivity contribution >= 4 is 5.97 Å². The lowest BCUT2D eigenvalue weighted by Gasteiger charge is -2.08. The van der Waals surface area contributed by atoms with Gasteiger partial charge in [0, 0.05) is 0 Å². The quantitative estimate of drug-likeness (QED) is 0.676. The summed E-state index contributed by atoms with van der Waals surface area (Å²) in [4.78, 5) is 10.6. The highest BCUT2D eigenvalue weighted by Crippen LogP contribution is 2.23. The van der Waals surface area contributed by atoms with Gasteiger partial charge in [0.1, 0.15) is 6.04 Å². The predicted molar refractivity (Wildman–Crippen MR) is 59.2 cm³/mol. The van der Waals surface area contributed by atoms with Gasteiger partial charge in [0.25, 0.3) is 0 Å². The number of aliphatic hydroxyl groups excluding tert-OH is 1. The first-order valence-corrected chi connectivity index (χ1v) is 5.33. The van der Waals surface area contributed by atoms with E-state index < -0.39 is 12.0 Å². The van der Waals surface area contributed by atoms with Crippen LogP contribution in [0.4, 0.5) is 0 Å². The first kappa shape index (κ1) is 11.1. The molecule has 0 spiro atoms. The van der Waals surface area contributed by atoms with Crippen LogP contribution in [0.2, 0.25) is 0 Å². The number of hydrogen-bond donors (Lipinski definition) is 3. The Kier molecular flexibility index (Phi) is 2.94. The van der Waals surface area contributed by atoms with Gasteiger partial charge in [-0.3, -0.25) is 4.79 Å². The Balaban J connectivity index is 2.13. The Morgan fingerprint density at radius 3 is 2.81 bits per heavy atom. The van der Waals surface area contributed by atoms with Crippen molar-refractivity contribution in [2.45, 2.75) is 31.4 Å². The van der Waals surface area contributed by atoms with E-state index in [1.165, 1.54) is 0 Å². The molecule has 0 amide bonds. The van der Waals surface area contributed by atoms with Gasteiger partial charge < -0.3 is 15.9 Å². The highest BCUT2D eigenvalue weighted by Gasteiger charge is 2.20. The summed E-state index contributed by atoms with van der Waals surface area (Å²) in [6.45, 7) is 0. The predicted octanol–water partition coefficient (Wildman–Crippen LogP) is 0.101. The molecule has 4 heteroatoms. The molecule has 0 aromatic heterocycles. The maximum Gasteiger partial charge on any atom is 0.320 e. The molecule has 16 heavy (non-hydrogen) atoms. The molecule has 2 atom stereocenters. The maximum atomic E-state index is 10.6. The Bertz CT molecular complexity index is 417. The van der Waals surface area contributed by atoms with Gasteiger partial charge in [-0.1, -0.05) is 18.2 Å². The van der Waals surface area contributed by atoms with Crippen molar-refractivity contribution in [2.75, 3.05) is 0 Å². The third-order valence-electron chi connectivity index (χ3n) is 2.95. The molecule has 4 nitrogen and oxygen atoms in total. The molecule has 1 aliphatic rings. The zero-order chi connectivity index (χ0) is 11.7. The Labute approximate surface area is 93.7 Å². The van der Waals surface area contributed by atoms with Crippen molar-refractivity contribution in [3.05, 3.63) is 34.9 Å². The molecular formula is C12H15NO3. The van der Waals surface area contributed by atoms with Crippen LogP contribution in [0.5, 0.6) is 0 Å². The molecule has 0 aliphatic heterocycles. The van der Waals surface area contributed by atoms with Crippen molar-refractivity contribution in [1.82, 2.24) is 0 Å². The van der Waals surface area contributed by atoms with Crippen LogP contribution in [0, 0.1) is 0 Å². The van der Waals surface area contributed by atoms with Crippen molar-refractivity contribution < 1.29 is 15.0 Å². The summed E-state index contributed by atoms with van der Waals surface area (Å²) in [6.07, 6.45) is 1.39. The van der Waals surface area contributed by atoms with E-state index in [0.717, 1.165) is 16.7 Å². The average Bonchev–Trinajstić information content (AvgIpc) is 2.57. The van der Waals surface area contributed by atoms with Crippen LogP contribution in [-0.4, -0.2) is 28.3 Å². The van der Waals surface area contributed by atoms with Crippen molar-refractivity contribution in [3.8, 4) is 0 Å². The fraction of sp³-hybridized carbons (Fsp3) is 0.417. The SMILES string of the molecule is NC(Cc1ccc2c(c1)CC(O)C2)C(=O)O. The second-order valence-corrected chi connectivity index (χ2v) is 4.31. The number of nitrogens with two attached hydrogens (primary N) is 1. The number of benzene rings is 1. The van der Waals surface area contributed by atoms with Crippen molar-refractivity contribution in [1.29, 1.82) is 0 Å². The smallest absolute Gasteiger partial charge is 0.320 e. The number of carboxylic acid groups (broad SMARTS) is 1. The Morgan fingerprint density at radius 1 is 1.44 bits per heavy atom. The molecule has 0 fully saturated rings. The lowest BCUT2D eigenvalue weighted by molar-refractivity contribution is -0.138. The van der Waals surface area contributed by atoms with Crippen molar-refractivity contribution in [2.24, 2.45) is 5.73 Å². The van der Waals surface area contributed by atoms with Crippen LogP contribution >= 0.6 is 0 Å². The minimum atomic E-state index is -0.986. The number of hydrogen-bond acceptors (Lipinski definition) is 3. The molecule has 2 rings (SSSR count). The van der Waals surface area contributed by atoms with E-state index in [9.17, 15) is 9.90 Å². The van der Waals surface area contributed by atoms with Crippen LogP contribution in [0.25, 0.3) is 0 Å². The van der Waals surface area contributed by atoms with Crippen LogP contribution in [0.15, 0.2) is 18.2 Å². The molecule has 0 bridgehead atoms. The second-order valence-electron chi connectivity index (χ2n) is 4.31. The monoisotopic (exact) mass is 221 g/mol. The van der Waals surface area contributed by atoms with Crippen LogP contribution < -0.4 is 5.73 Å². The van der Waals surface area contributed by atoms with E-state index in [0.29, 0.717) is 19.3 Å². The summed E-state index contributed by atoms with van der Waals surface area (Å²) in [5.41, 5.74) is 8.66. The zero-order valence-electron chi connectivity index (χ0n) is 8.89. The molecule has 1 aromatic rings. The lowest BCUT2D eigenvalue weighted by atomic mass is 10.0. The number of aliphatic carboxylic acids is 1. The van der Waals surface area contributed by atoms with E-state index in [2.05, 4.69) is 0 Å². The van der Waals surface area contributed by atoms with Crippen molar-refractivity contribution in [3.63, 3.8) is 0 Å². The molecule has 1 aromatic carbocycles. The maximum absolute atomic E-state index is 10.6. The van der Waals surface area contributed by atoms with Crippen LogP contribution in [-0.2, 0) is 24.1 Å². The molecule has 0 radical (unpaired) electrons. The summed E-state index contributed by atoms with van der Waals surface area (Å²) in [6, 6.07) is 4.94. The number of rotatable bonds is 3. The molecule has 4 N–H and O–H groups in total. The fourth-order valence-electron chi connectivity index (χ4n) is 2.12. The minimum absolute atomic E-state index is 0.293. The number of carboxylic acids is 1. The molecule has 1 aliphatic carbocycles. The third-order valence-corrected chi connectivity index (χ3v) is 2.95. The summed E-state index contributed by atoms with van der Waals surface area (Å²) >= 11 is 0. The van der Waals surface area contributed by atoms with Gasteiger partial charge in [-0.25, -0.2) is 0 Å². The summed E-state index contributed by atoms with van der Waals surface area (Å²) in [7, 11) is 0. The van der Waals surface area contributed by atoms with Gasteiger partial charge in [0.2, 0.25) is 0 Å². The van der Waals surface area contributed by atoms with Gasteiger partial charge in [-0.2, -0.15) is 0 Å². The van der Waals surface area contributed by atoms with Gasteiger partial charge in [-0.15, -0.1) is 0 Å². The van der Waals surface area contributed by atoms with Gasteiger partial charge in [-0.05, 0) is 36.0 Å². The van der Waals surface area contributed by atoms with E-state index in [-0.39, 0.29) is 6.10 Å². The summed E-state index contributed by atoms with van der Waals surface area (Å²) < 4.78 is 0. The van der Waals surface area contributed by atoms with Crippen LogP contribution in [0.3, 0.4) is 0 Å². The number of carbonyl (C=O) groups is 1.